The molecule has 1 N–H and O–H groups in total. The molecule has 1 aromatic carbocycles. The molecule has 4 rings (SSSR count). The van der Waals surface area contributed by atoms with Gasteiger partial charge in [-0.25, -0.2) is 9.97 Å². The van der Waals surface area contributed by atoms with Crippen molar-refractivity contribution in [3.05, 3.63) is 45.2 Å². The Hall–Kier alpha value is -2.25. The first-order valence-electron chi connectivity index (χ1n) is 8.87. The Bertz CT molecular complexity index is 908. The number of carbonyl (C=O) groups excluding carboxylic acids is 1. The number of aromatic nitrogens is 2. The molecule has 1 amide bonds. The molecule has 2 aromatic heterocycles. The third kappa shape index (κ3) is 3.64. The van der Waals surface area contributed by atoms with Crippen molar-refractivity contribution in [1.82, 2.24) is 15.3 Å². The predicted molar refractivity (Wildman–Crippen MR) is 99.5 cm³/mol. The van der Waals surface area contributed by atoms with Gasteiger partial charge in [0, 0.05) is 24.0 Å². The summed E-state index contributed by atoms with van der Waals surface area (Å²) in [6.07, 6.45) is 5.25. The fourth-order valence-electron chi connectivity index (χ4n) is 3.15. The molecule has 0 saturated heterocycles. The summed E-state index contributed by atoms with van der Waals surface area (Å²) < 4.78 is 10.7. The first-order chi connectivity index (χ1) is 12.7. The average molecular weight is 371 g/mol. The molecule has 6 nitrogen and oxygen atoms in total. The number of hydrogen-bond acceptors (Lipinski definition) is 6. The van der Waals surface area contributed by atoms with E-state index in [4.69, 9.17) is 9.15 Å². The molecule has 0 radical (unpaired) electrons. The maximum atomic E-state index is 12.5. The molecule has 7 heteroatoms. The Balaban J connectivity index is 1.43. The van der Waals surface area contributed by atoms with Gasteiger partial charge >= 0.3 is 0 Å². The van der Waals surface area contributed by atoms with Crippen molar-refractivity contribution < 1.29 is 13.9 Å². The zero-order chi connectivity index (χ0) is 17.9. The summed E-state index contributed by atoms with van der Waals surface area (Å²) in [5.41, 5.74) is 3.15. The maximum Gasteiger partial charge on any atom is 0.251 e. The number of amides is 1. The van der Waals surface area contributed by atoms with Gasteiger partial charge in [0.2, 0.25) is 0 Å². The molecule has 3 aromatic rings. The quantitative estimate of drug-likeness (QED) is 0.719. The van der Waals surface area contributed by atoms with Crippen LogP contribution >= 0.6 is 11.3 Å². The van der Waals surface area contributed by atoms with E-state index in [0.29, 0.717) is 36.6 Å². The molecule has 0 bridgehead atoms. The van der Waals surface area contributed by atoms with Crippen LogP contribution in [0.3, 0.4) is 0 Å². The van der Waals surface area contributed by atoms with Crippen LogP contribution in [0.2, 0.25) is 0 Å². The lowest BCUT2D eigenvalue weighted by molar-refractivity contribution is 0.0951. The molecule has 0 atom stereocenters. The van der Waals surface area contributed by atoms with Crippen molar-refractivity contribution in [1.29, 1.82) is 0 Å². The summed E-state index contributed by atoms with van der Waals surface area (Å²) >= 11 is 1.72. The number of aryl methyl sites for hydroxylation is 2. The Morgan fingerprint density at radius 3 is 3.04 bits per heavy atom. The van der Waals surface area contributed by atoms with E-state index in [9.17, 15) is 4.79 Å². The third-order valence-corrected chi connectivity index (χ3v) is 5.66. The number of nitrogens with one attached hydrogen (secondary N) is 1. The molecular formula is C19H21N3O3S. The van der Waals surface area contributed by atoms with Gasteiger partial charge in [0.05, 0.1) is 18.8 Å². The molecule has 26 heavy (non-hydrogen) atoms. The molecule has 0 spiro atoms. The highest BCUT2D eigenvalue weighted by molar-refractivity contribution is 7.11. The van der Waals surface area contributed by atoms with Crippen molar-refractivity contribution in [3.63, 3.8) is 0 Å². The number of thiazole rings is 1. The third-order valence-electron chi connectivity index (χ3n) is 4.51. The van der Waals surface area contributed by atoms with Gasteiger partial charge in [-0.2, -0.15) is 0 Å². The lowest BCUT2D eigenvalue weighted by Gasteiger charge is -2.06. The predicted octanol–water partition coefficient (Wildman–Crippen LogP) is 3.28. The Morgan fingerprint density at radius 1 is 1.31 bits per heavy atom. The van der Waals surface area contributed by atoms with E-state index in [-0.39, 0.29) is 5.91 Å². The highest BCUT2D eigenvalue weighted by Crippen LogP contribution is 2.26. The van der Waals surface area contributed by atoms with Crippen LogP contribution in [0.15, 0.2) is 22.6 Å². The minimum Gasteiger partial charge on any atom is -0.441 e. The van der Waals surface area contributed by atoms with Gasteiger partial charge in [-0.3, -0.25) is 4.79 Å². The van der Waals surface area contributed by atoms with Crippen LogP contribution in [0.5, 0.6) is 0 Å². The number of carbonyl (C=O) groups is 1. The van der Waals surface area contributed by atoms with Gasteiger partial charge < -0.3 is 14.5 Å². The highest BCUT2D eigenvalue weighted by Gasteiger charge is 2.16. The molecule has 136 valence electrons. The van der Waals surface area contributed by atoms with Gasteiger partial charge in [0.1, 0.15) is 10.5 Å². The normalized spacial score (nSPS) is 13.7. The van der Waals surface area contributed by atoms with Gasteiger partial charge in [-0.1, -0.05) is 0 Å². The van der Waals surface area contributed by atoms with Gasteiger partial charge in [0.25, 0.3) is 5.91 Å². The summed E-state index contributed by atoms with van der Waals surface area (Å²) in [6.45, 7) is 1.02. The van der Waals surface area contributed by atoms with Gasteiger partial charge in [-0.05, 0) is 43.9 Å². The fraction of sp³-hybridized carbons (Fsp3) is 0.421. The molecular weight excluding hydrogens is 350 g/mol. The van der Waals surface area contributed by atoms with Crippen LogP contribution in [-0.2, 0) is 30.5 Å². The second kappa shape index (κ2) is 7.55. The van der Waals surface area contributed by atoms with E-state index in [2.05, 4.69) is 15.3 Å². The molecule has 0 saturated carbocycles. The SMILES string of the molecule is COCCc1nc2ccc(C(=O)NCc3nc4c(s3)CCCC4)cc2o1. The Kier molecular flexibility index (Phi) is 4.99. The zero-order valence-electron chi connectivity index (χ0n) is 14.7. The van der Waals surface area contributed by atoms with Crippen LogP contribution in [0.25, 0.3) is 11.1 Å². The van der Waals surface area contributed by atoms with E-state index in [1.165, 1.54) is 23.4 Å². The first-order valence-corrected chi connectivity index (χ1v) is 9.68. The van der Waals surface area contributed by atoms with E-state index in [1.54, 1.807) is 30.6 Å². The fourth-order valence-corrected chi connectivity index (χ4v) is 4.25. The Labute approximate surface area is 155 Å². The van der Waals surface area contributed by atoms with Crippen LogP contribution in [0.1, 0.15) is 44.7 Å². The first kappa shape index (κ1) is 17.2. The number of rotatable bonds is 6. The van der Waals surface area contributed by atoms with Gasteiger partial charge in [0.15, 0.2) is 11.5 Å². The zero-order valence-corrected chi connectivity index (χ0v) is 15.5. The van der Waals surface area contributed by atoms with E-state index < -0.39 is 0 Å². The minimum absolute atomic E-state index is 0.130. The second-order valence-electron chi connectivity index (χ2n) is 6.40. The summed E-state index contributed by atoms with van der Waals surface area (Å²) in [4.78, 5) is 22.9. The van der Waals surface area contributed by atoms with Crippen LogP contribution in [0.4, 0.5) is 0 Å². The largest absolute Gasteiger partial charge is 0.441 e. The monoisotopic (exact) mass is 371 g/mol. The van der Waals surface area contributed by atoms with Crippen molar-refractivity contribution in [2.45, 2.75) is 38.6 Å². The number of hydrogen-bond donors (Lipinski definition) is 1. The lowest BCUT2D eigenvalue weighted by Crippen LogP contribution is -2.22. The van der Waals surface area contributed by atoms with Crippen molar-refractivity contribution in [2.75, 3.05) is 13.7 Å². The second-order valence-corrected chi connectivity index (χ2v) is 7.57. The lowest BCUT2D eigenvalue weighted by atomic mass is 10.0. The molecule has 1 aliphatic rings. The summed E-state index contributed by atoms with van der Waals surface area (Å²) in [6, 6.07) is 5.32. The van der Waals surface area contributed by atoms with Crippen LogP contribution in [0, 0.1) is 0 Å². The standard InChI is InChI=1S/C19H21N3O3S/c1-24-9-8-17-21-13-7-6-12(10-15(13)25-17)19(23)20-11-18-22-14-4-2-3-5-16(14)26-18/h6-7,10H,2-5,8-9,11H2,1H3,(H,20,23). The number of ether oxygens (including phenoxy) is 1. The van der Waals surface area contributed by atoms with Crippen molar-refractivity contribution in [2.24, 2.45) is 0 Å². The summed E-state index contributed by atoms with van der Waals surface area (Å²) in [5.74, 6) is 0.489. The van der Waals surface area contributed by atoms with E-state index >= 15 is 0 Å². The molecule has 2 heterocycles. The number of benzene rings is 1. The number of oxazole rings is 1. The molecule has 0 fully saturated rings. The molecule has 1 aliphatic carbocycles. The van der Waals surface area contributed by atoms with Crippen LogP contribution in [-0.4, -0.2) is 29.6 Å². The number of nitrogens with zero attached hydrogens (tertiary/aromatic N) is 2. The Morgan fingerprint density at radius 2 is 2.19 bits per heavy atom. The van der Waals surface area contributed by atoms with E-state index in [1.807, 2.05) is 6.07 Å². The average Bonchev–Trinajstić information content (AvgIpc) is 3.26. The highest BCUT2D eigenvalue weighted by atomic mass is 32.1. The topological polar surface area (TPSA) is 77.2 Å². The summed E-state index contributed by atoms with van der Waals surface area (Å²) in [7, 11) is 1.64. The van der Waals surface area contributed by atoms with Gasteiger partial charge in [-0.15, -0.1) is 11.3 Å². The smallest absolute Gasteiger partial charge is 0.251 e. The number of methoxy groups -OCH3 is 1. The maximum absolute atomic E-state index is 12.5. The van der Waals surface area contributed by atoms with E-state index in [0.717, 1.165) is 23.4 Å². The molecule has 0 unspecified atom stereocenters. The minimum atomic E-state index is -0.130. The van der Waals surface area contributed by atoms with Crippen molar-refractivity contribution >= 4 is 28.3 Å². The van der Waals surface area contributed by atoms with Crippen LogP contribution < -0.4 is 5.32 Å². The molecule has 0 aliphatic heterocycles. The van der Waals surface area contributed by atoms with Crippen molar-refractivity contribution in [3.8, 4) is 0 Å². The number of fused-ring (bicyclic) bond motifs is 2. The summed E-state index contributed by atoms with van der Waals surface area (Å²) in [5, 5.41) is 3.94.